The van der Waals surface area contributed by atoms with Crippen LogP contribution in [0.2, 0.25) is 5.02 Å². The van der Waals surface area contributed by atoms with Crippen molar-refractivity contribution in [3.8, 4) is 0 Å². The molecule has 4 amide bonds. The highest BCUT2D eigenvalue weighted by Crippen LogP contribution is 2.34. The number of amides is 4. The fraction of sp³-hybridized carbons (Fsp3) is 0.207. The second-order valence-electron chi connectivity index (χ2n) is 9.94. The first-order valence-electron chi connectivity index (χ1n) is 13.0. The number of piperazine rings is 1. The molecule has 2 aliphatic heterocycles. The topological polar surface area (TPSA) is 153 Å². The van der Waals surface area contributed by atoms with Crippen LogP contribution in [0.3, 0.4) is 0 Å². The van der Waals surface area contributed by atoms with Crippen LogP contribution in [0.15, 0.2) is 72.0 Å². The standard InChI is InChI=1S/C29H27ClN8O4/c1-35-14-19-12-21(8-9-22(19)29(35)42)33-28(41)25(11-18-5-3-2-4-6-18)37-16-26(39)36(15-27(37)40)24-13-20(30)7-10-23(24)38(17-31)34-32/h2-10,12-13,17,25,31-32H,11,14-16H2,1H3,(H,33,41). The number of rotatable bonds is 9. The summed E-state index contributed by atoms with van der Waals surface area (Å²) >= 11 is 6.19. The Morgan fingerprint density at radius 1 is 1.05 bits per heavy atom. The highest BCUT2D eigenvalue weighted by atomic mass is 35.5. The summed E-state index contributed by atoms with van der Waals surface area (Å²) in [6, 6.07) is 17.7. The van der Waals surface area contributed by atoms with Gasteiger partial charge in [0.05, 0.1) is 11.4 Å². The number of carbonyl (C=O) groups excluding carboxylic acids is 4. The van der Waals surface area contributed by atoms with E-state index in [-0.39, 0.29) is 41.8 Å². The Hall–Kier alpha value is -5.10. The fourth-order valence-corrected chi connectivity index (χ4v) is 5.31. The van der Waals surface area contributed by atoms with Gasteiger partial charge in [-0.1, -0.05) is 47.2 Å². The summed E-state index contributed by atoms with van der Waals surface area (Å²) in [5.74, 6) is -1.51. The van der Waals surface area contributed by atoms with E-state index in [1.54, 1.807) is 30.1 Å². The van der Waals surface area contributed by atoms with Gasteiger partial charge in [0, 0.05) is 36.3 Å². The Morgan fingerprint density at radius 3 is 2.52 bits per heavy atom. The van der Waals surface area contributed by atoms with E-state index in [1.807, 2.05) is 30.3 Å². The third-order valence-electron chi connectivity index (χ3n) is 7.23. The molecule has 3 aromatic rings. The van der Waals surface area contributed by atoms with Gasteiger partial charge in [0.2, 0.25) is 17.7 Å². The minimum Gasteiger partial charge on any atom is -0.337 e. The van der Waals surface area contributed by atoms with Gasteiger partial charge >= 0.3 is 0 Å². The molecule has 1 unspecified atom stereocenters. The average molecular weight is 587 g/mol. The van der Waals surface area contributed by atoms with Crippen LogP contribution in [0, 0.1) is 10.9 Å². The number of hydrogen-bond donors (Lipinski definition) is 3. The lowest BCUT2D eigenvalue weighted by Gasteiger charge is -2.38. The predicted molar refractivity (Wildman–Crippen MR) is 157 cm³/mol. The van der Waals surface area contributed by atoms with Crippen LogP contribution >= 0.6 is 11.6 Å². The van der Waals surface area contributed by atoms with Gasteiger partial charge in [0.15, 0.2) is 0 Å². The van der Waals surface area contributed by atoms with Crippen LogP contribution in [0.5, 0.6) is 0 Å². The van der Waals surface area contributed by atoms with Crippen molar-refractivity contribution < 1.29 is 19.2 Å². The zero-order valence-electron chi connectivity index (χ0n) is 22.6. The first kappa shape index (κ1) is 28.4. The number of nitrogens with one attached hydrogen (secondary N) is 3. The van der Waals surface area contributed by atoms with Crippen molar-refractivity contribution in [1.82, 2.24) is 9.80 Å². The first-order valence-corrected chi connectivity index (χ1v) is 13.4. The SMILES string of the molecule is CN1Cc2cc(NC(=O)C(Cc3ccccc3)N3CC(=O)N(c4cc(Cl)ccc4N(C=N)N=N)CC3=O)ccc2C1=O. The van der Waals surface area contributed by atoms with Gasteiger partial charge in [-0.05, 0) is 47.5 Å². The average Bonchev–Trinajstić information content (AvgIpc) is 3.26. The molecule has 42 heavy (non-hydrogen) atoms. The lowest BCUT2D eigenvalue weighted by atomic mass is 10.0. The summed E-state index contributed by atoms with van der Waals surface area (Å²) in [6.07, 6.45) is 0.967. The van der Waals surface area contributed by atoms with Crippen LogP contribution in [0.4, 0.5) is 17.1 Å². The largest absolute Gasteiger partial charge is 0.337 e. The van der Waals surface area contributed by atoms with Crippen LogP contribution in [0.1, 0.15) is 21.5 Å². The number of nitrogens with zero attached hydrogens (tertiary/aromatic N) is 5. The van der Waals surface area contributed by atoms with Crippen molar-refractivity contribution in [1.29, 1.82) is 10.9 Å². The molecule has 0 radical (unpaired) electrons. The molecule has 12 nitrogen and oxygen atoms in total. The van der Waals surface area contributed by atoms with Crippen molar-refractivity contribution in [3.05, 3.63) is 88.4 Å². The highest BCUT2D eigenvalue weighted by Gasteiger charge is 2.39. The van der Waals surface area contributed by atoms with Gasteiger partial charge in [-0.25, -0.2) is 5.01 Å². The zero-order chi connectivity index (χ0) is 30.0. The van der Waals surface area contributed by atoms with Gasteiger partial charge in [-0.15, -0.1) is 0 Å². The molecule has 3 aromatic carbocycles. The number of benzene rings is 3. The molecule has 5 rings (SSSR count). The fourth-order valence-electron chi connectivity index (χ4n) is 5.15. The van der Waals surface area contributed by atoms with Crippen LogP contribution in [0.25, 0.3) is 0 Å². The van der Waals surface area contributed by atoms with E-state index in [2.05, 4.69) is 10.5 Å². The van der Waals surface area contributed by atoms with Crippen LogP contribution < -0.4 is 15.2 Å². The van der Waals surface area contributed by atoms with Gasteiger partial charge in [0.25, 0.3) is 5.91 Å². The number of carbonyl (C=O) groups is 4. The van der Waals surface area contributed by atoms with Crippen LogP contribution in [-0.2, 0) is 27.3 Å². The van der Waals surface area contributed by atoms with E-state index < -0.39 is 23.8 Å². The van der Waals surface area contributed by atoms with E-state index in [4.69, 9.17) is 22.5 Å². The molecule has 2 heterocycles. The summed E-state index contributed by atoms with van der Waals surface area (Å²) in [7, 11) is 1.70. The van der Waals surface area contributed by atoms with Gasteiger partial charge in [-0.3, -0.25) is 29.5 Å². The lowest BCUT2D eigenvalue weighted by Crippen LogP contribution is -2.60. The van der Waals surface area contributed by atoms with E-state index in [0.717, 1.165) is 22.5 Å². The van der Waals surface area contributed by atoms with Crippen LogP contribution in [-0.4, -0.2) is 65.9 Å². The normalized spacial score (nSPS) is 15.4. The molecule has 0 aromatic heterocycles. The molecule has 1 atom stereocenters. The first-order chi connectivity index (χ1) is 20.2. The monoisotopic (exact) mass is 586 g/mol. The number of fused-ring (bicyclic) bond motifs is 1. The summed E-state index contributed by atoms with van der Waals surface area (Å²) in [6.45, 7) is -0.349. The molecule has 1 saturated heterocycles. The quantitative estimate of drug-likeness (QED) is 0.151. The van der Waals surface area contributed by atoms with E-state index >= 15 is 0 Å². The molecule has 214 valence electrons. The van der Waals surface area contributed by atoms with Crippen molar-refractivity contribution in [2.75, 3.05) is 35.4 Å². The summed E-state index contributed by atoms with van der Waals surface area (Å²) in [5, 5.41) is 14.9. The Kier molecular flexibility index (Phi) is 7.98. The molecule has 2 aliphatic rings. The minimum atomic E-state index is -1.01. The molecular weight excluding hydrogens is 560 g/mol. The third kappa shape index (κ3) is 5.56. The number of halogens is 1. The van der Waals surface area contributed by atoms with Crippen molar-refractivity contribution in [3.63, 3.8) is 0 Å². The molecule has 0 saturated carbocycles. The Balaban J connectivity index is 1.42. The van der Waals surface area contributed by atoms with E-state index in [0.29, 0.717) is 17.8 Å². The number of hydrogen-bond acceptors (Lipinski definition) is 7. The van der Waals surface area contributed by atoms with Crippen molar-refractivity contribution in [2.45, 2.75) is 19.0 Å². The van der Waals surface area contributed by atoms with E-state index in [9.17, 15) is 19.2 Å². The Labute approximate surface area is 246 Å². The Morgan fingerprint density at radius 2 is 1.81 bits per heavy atom. The third-order valence-corrected chi connectivity index (χ3v) is 7.47. The Bertz CT molecular complexity index is 1590. The maximum Gasteiger partial charge on any atom is 0.254 e. The summed E-state index contributed by atoms with van der Waals surface area (Å²) in [4.78, 5) is 57.2. The molecule has 0 aliphatic carbocycles. The predicted octanol–water partition coefficient (Wildman–Crippen LogP) is 3.71. The molecule has 3 N–H and O–H groups in total. The highest BCUT2D eigenvalue weighted by molar-refractivity contribution is 6.31. The molecule has 13 heteroatoms. The molecule has 0 bridgehead atoms. The zero-order valence-corrected chi connectivity index (χ0v) is 23.3. The maximum absolute atomic E-state index is 13.7. The van der Waals surface area contributed by atoms with Crippen molar-refractivity contribution >= 4 is 58.6 Å². The minimum absolute atomic E-state index is 0.0881. The molecular formula is C29H27ClN8O4. The second-order valence-corrected chi connectivity index (χ2v) is 10.4. The van der Waals surface area contributed by atoms with Gasteiger partial charge < -0.3 is 15.1 Å². The second kappa shape index (κ2) is 11.8. The van der Waals surface area contributed by atoms with Crippen molar-refractivity contribution in [2.24, 2.45) is 5.22 Å². The van der Waals surface area contributed by atoms with Gasteiger partial charge in [-0.2, -0.15) is 5.53 Å². The number of anilines is 3. The summed E-state index contributed by atoms with van der Waals surface area (Å²) in [5.41, 5.74) is 10.4. The molecule has 0 spiro atoms. The van der Waals surface area contributed by atoms with Gasteiger partial charge in [0.1, 0.15) is 25.5 Å². The van der Waals surface area contributed by atoms with E-state index in [1.165, 1.54) is 28.0 Å². The lowest BCUT2D eigenvalue weighted by molar-refractivity contribution is -0.143. The molecule has 1 fully saturated rings. The summed E-state index contributed by atoms with van der Waals surface area (Å²) < 4.78 is 0. The smallest absolute Gasteiger partial charge is 0.254 e. The maximum atomic E-state index is 13.7.